The monoisotopic (exact) mass is 523 g/mol. The highest BCUT2D eigenvalue weighted by atomic mass is 16.5. The van der Waals surface area contributed by atoms with E-state index in [1.807, 2.05) is 6.07 Å². The summed E-state index contributed by atoms with van der Waals surface area (Å²) in [6.07, 6.45) is 11.8. The zero-order valence-electron chi connectivity index (χ0n) is 22.6. The zero-order valence-corrected chi connectivity index (χ0v) is 22.6. The van der Waals surface area contributed by atoms with E-state index in [2.05, 4.69) is 60.2 Å². The van der Waals surface area contributed by atoms with Crippen LogP contribution in [0.1, 0.15) is 75.1 Å². The topological polar surface area (TPSA) is 123 Å². The van der Waals surface area contributed by atoms with Crippen LogP contribution in [0.2, 0.25) is 0 Å². The lowest BCUT2D eigenvalue weighted by molar-refractivity contribution is 0.365. The first-order valence-electron chi connectivity index (χ1n) is 14.7. The van der Waals surface area contributed by atoms with Gasteiger partial charge in [0.05, 0.1) is 6.54 Å². The Bertz CT molecular complexity index is 998. The smallest absolute Gasteiger partial charge is 0.226 e. The van der Waals surface area contributed by atoms with E-state index in [1.54, 1.807) is 0 Å². The van der Waals surface area contributed by atoms with Crippen LogP contribution in [0, 0.1) is 0 Å². The molecule has 6 N–H and O–H groups in total. The van der Waals surface area contributed by atoms with Gasteiger partial charge in [0, 0.05) is 29.8 Å². The number of aliphatic imine (C=N–C) groups is 1. The molecule has 1 saturated heterocycles. The number of hydrogen-bond donors (Lipinski definition) is 6. The van der Waals surface area contributed by atoms with Gasteiger partial charge < -0.3 is 31.1 Å². The van der Waals surface area contributed by atoms with Crippen LogP contribution in [-0.4, -0.2) is 67.1 Å². The van der Waals surface area contributed by atoms with Crippen molar-refractivity contribution in [3.63, 3.8) is 0 Å². The number of piperidine rings is 1. The second-order valence-corrected chi connectivity index (χ2v) is 10.7. The van der Waals surface area contributed by atoms with E-state index in [0.29, 0.717) is 24.3 Å². The number of aromatic nitrogens is 2. The number of para-hydroxylation sites is 1. The Morgan fingerprint density at radius 2 is 1.74 bits per heavy atom. The second-order valence-electron chi connectivity index (χ2n) is 10.7. The van der Waals surface area contributed by atoms with Crippen molar-refractivity contribution in [2.45, 2.75) is 89.1 Å². The average molecular weight is 524 g/mol. The first-order valence-corrected chi connectivity index (χ1v) is 14.7. The fourth-order valence-corrected chi connectivity index (χ4v) is 5.53. The van der Waals surface area contributed by atoms with Gasteiger partial charge in [-0.3, -0.25) is 5.32 Å². The molecule has 1 unspecified atom stereocenters. The van der Waals surface area contributed by atoms with Gasteiger partial charge in [-0.15, -0.1) is 0 Å². The molecule has 0 spiro atoms. The molecule has 2 fully saturated rings. The fourth-order valence-electron chi connectivity index (χ4n) is 5.53. The minimum absolute atomic E-state index is 0.257. The van der Waals surface area contributed by atoms with E-state index in [-0.39, 0.29) is 6.29 Å². The summed E-state index contributed by atoms with van der Waals surface area (Å²) in [4.78, 5) is 9.49. The molecular weight excluding hydrogens is 478 g/mol. The zero-order chi connectivity index (χ0) is 25.8. The molecule has 10 heteroatoms. The van der Waals surface area contributed by atoms with Gasteiger partial charge >= 0.3 is 0 Å². The Labute approximate surface area is 226 Å². The second kappa shape index (κ2) is 14.6. The van der Waals surface area contributed by atoms with Gasteiger partial charge in [0.1, 0.15) is 5.84 Å². The van der Waals surface area contributed by atoms with Gasteiger partial charge in [-0.25, -0.2) is 4.99 Å². The maximum absolute atomic E-state index is 5.48. The highest BCUT2D eigenvalue weighted by Gasteiger charge is 2.23. The molecule has 10 nitrogen and oxygen atoms in total. The molecular formula is C28H45N9O. The van der Waals surface area contributed by atoms with Crippen molar-refractivity contribution >= 4 is 11.5 Å². The van der Waals surface area contributed by atoms with E-state index >= 15 is 0 Å². The normalized spacial score (nSPS) is 20.5. The number of nitrogens with zero attached hydrogens (tertiary/aromatic N) is 3. The minimum atomic E-state index is -0.257. The van der Waals surface area contributed by atoms with E-state index in [0.717, 1.165) is 81.5 Å². The molecule has 1 aromatic heterocycles. The van der Waals surface area contributed by atoms with Crippen LogP contribution in [0.4, 0.5) is 5.69 Å². The van der Waals surface area contributed by atoms with Gasteiger partial charge in [0.25, 0.3) is 0 Å². The number of benzene rings is 1. The predicted octanol–water partition coefficient (Wildman–Crippen LogP) is 2.49. The van der Waals surface area contributed by atoms with Gasteiger partial charge in [-0.2, -0.15) is 4.98 Å². The number of amidine groups is 1. The van der Waals surface area contributed by atoms with Gasteiger partial charge in [-0.1, -0.05) is 36.6 Å². The summed E-state index contributed by atoms with van der Waals surface area (Å²) in [5, 5.41) is 25.4. The third kappa shape index (κ3) is 8.23. The molecule has 1 aromatic carbocycles. The standard InChI is InChI=1S/C28H45N9O/c1-2-8-21(9-3-1)31-17-7-16-29-15-6-12-26-35-25(37-38-26)20-32-28-34-24-11-5-4-10-23(24)27(36-28)33-22-13-18-30-19-14-22/h4-5,10-11,21-22,28-32,34H,1-3,6-9,12-20H2,(H,33,36). The molecule has 208 valence electrons. The Morgan fingerprint density at radius 3 is 2.63 bits per heavy atom. The Balaban J connectivity index is 0.999. The highest BCUT2D eigenvalue weighted by Crippen LogP contribution is 2.22. The van der Waals surface area contributed by atoms with Crippen molar-refractivity contribution in [2.24, 2.45) is 4.99 Å². The molecule has 1 atom stereocenters. The van der Waals surface area contributed by atoms with E-state index in [9.17, 15) is 0 Å². The lowest BCUT2D eigenvalue weighted by Crippen LogP contribution is -2.47. The summed E-state index contributed by atoms with van der Waals surface area (Å²) in [5.41, 5.74) is 2.18. The molecule has 1 saturated carbocycles. The number of anilines is 1. The fraction of sp³-hybridized carbons (Fsp3) is 0.679. The first-order chi connectivity index (χ1) is 18.8. The van der Waals surface area contributed by atoms with Crippen molar-refractivity contribution in [2.75, 3.05) is 38.0 Å². The lowest BCUT2D eigenvalue weighted by Gasteiger charge is -2.30. The van der Waals surface area contributed by atoms with E-state index in [1.165, 1.54) is 38.5 Å². The molecule has 3 aliphatic rings. The summed E-state index contributed by atoms with van der Waals surface area (Å²) < 4.78 is 5.48. The summed E-state index contributed by atoms with van der Waals surface area (Å²) in [6, 6.07) is 9.50. The van der Waals surface area contributed by atoms with Crippen LogP contribution in [0.15, 0.2) is 33.8 Å². The number of rotatable bonds is 13. The van der Waals surface area contributed by atoms with Crippen LogP contribution in [0.5, 0.6) is 0 Å². The van der Waals surface area contributed by atoms with Crippen molar-refractivity contribution in [1.29, 1.82) is 0 Å². The number of nitrogens with one attached hydrogen (secondary N) is 6. The predicted molar refractivity (Wildman–Crippen MR) is 151 cm³/mol. The third-order valence-electron chi connectivity index (χ3n) is 7.69. The highest BCUT2D eigenvalue weighted by molar-refractivity contribution is 6.05. The summed E-state index contributed by atoms with van der Waals surface area (Å²) in [5.74, 6) is 2.29. The van der Waals surface area contributed by atoms with E-state index in [4.69, 9.17) is 9.52 Å². The number of aryl methyl sites for hydroxylation is 1. The van der Waals surface area contributed by atoms with Gasteiger partial charge in [-0.05, 0) is 83.4 Å². The van der Waals surface area contributed by atoms with Crippen molar-refractivity contribution in [3.05, 3.63) is 41.5 Å². The molecule has 2 aromatic rings. The Hall–Kier alpha value is -2.53. The maximum Gasteiger partial charge on any atom is 0.226 e. The number of hydrogen-bond acceptors (Lipinski definition) is 10. The summed E-state index contributed by atoms with van der Waals surface area (Å²) in [6.45, 7) is 5.69. The van der Waals surface area contributed by atoms with Crippen molar-refractivity contribution in [3.8, 4) is 0 Å². The molecule has 2 aliphatic heterocycles. The molecule has 3 heterocycles. The average Bonchev–Trinajstić information content (AvgIpc) is 3.42. The lowest BCUT2D eigenvalue weighted by atomic mass is 9.95. The quantitative estimate of drug-likeness (QED) is 0.220. The summed E-state index contributed by atoms with van der Waals surface area (Å²) in [7, 11) is 0. The van der Waals surface area contributed by atoms with Crippen LogP contribution in [0.25, 0.3) is 0 Å². The first kappa shape index (κ1) is 27.1. The molecule has 1 aliphatic carbocycles. The van der Waals surface area contributed by atoms with Crippen LogP contribution < -0.4 is 31.9 Å². The van der Waals surface area contributed by atoms with Crippen molar-refractivity contribution < 1.29 is 4.52 Å². The van der Waals surface area contributed by atoms with Gasteiger partial charge in [0.2, 0.25) is 5.89 Å². The van der Waals surface area contributed by atoms with Crippen LogP contribution in [-0.2, 0) is 13.0 Å². The Kier molecular flexibility index (Phi) is 10.4. The maximum atomic E-state index is 5.48. The van der Waals surface area contributed by atoms with Crippen LogP contribution >= 0.6 is 0 Å². The molecule has 0 bridgehead atoms. The SMILES string of the molecule is c1ccc2c(c1)NC(NCc1noc(CCCNCCCNC3CCCCC3)n1)N=C2NC1CCNCC1. The minimum Gasteiger partial charge on any atom is -0.367 e. The van der Waals surface area contributed by atoms with Crippen LogP contribution in [0.3, 0.4) is 0 Å². The van der Waals surface area contributed by atoms with Crippen molar-refractivity contribution in [1.82, 2.24) is 36.7 Å². The summed E-state index contributed by atoms with van der Waals surface area (Å²) >= 11 is 0. The molecule has 0 amide bonds. The third-order valence-corrected chi connectivity index (χ3v) is 7.69. The molecule has 0 radical (unpaired) electrons. The largest absolute Gasteiger partial charge is 0.367 e. The molecule has 5 rings (SSSR count). The molecule has 38 heavy (non-hydrogen) atoms. The van der Waals surface area contributed by atoms with E-state index < -0.39 is 0 Å². The Morgan fingerprint density at radius 1 is 0.895 bits per heavy atom. The number of fused-ring (bicyclic) bond motifs is 1. The van der Waals surface area contributed by atoms with Gasteiger partial charge in [0.15, 0.2) is 12.1 Å².